The lowest BCUT2D eigenvalue weighted by Gasteiger charge is -2.08. The van der Waals surface area contributed by atoms with Gasteiger partial charge in [0.1, 0.15) is 0 Å². The minimum absolute atomic E-state index is 0.0759. The zero-order valence-corrected chi connectivity index (χ0v) is 12.1. The molecule has 0 atom stereocenters. The summed E-state index contributed by atoms with van der Waals surface area (Å²) in [6.07, 6.45) is 0. The van der Waals surface area contributed by atoms with Crippen molar-refractivity contribution in [3.05, 3.63) is 59.7 Å². The van der Waals surface area contributed by atoms with Crippen LogP contribution < -0.4 is 0 Å². The maximum Gasteiger partial charge on any atom is 0.0998 e. The van der Waals surface area contributed by atoms with Crippen LogP contribution in [-0.2, 0) is 0 Å². The van der Waals surface area contributed by atoms with Crippen LogP contribution in [0.4, 0.5) is 0 Å². The number of benzene rings is 2. The summed E-state index contributed by atoms with van der Waals surface area (Å²) in [6, 6.07) is 18.1. The number of halogens is 2. The Hall–Kier alpha value is -1.11. The molecule has 0 heterocycles. The average Bonchev–Trinajstić information content (AvgIpc) is 2.39. The third kappa shape index (κ3) is 2.77. The third-order valence-corrected chi connectivity index (χ3v) is 3.56. The standard InChI is InChI=1S/C14H9Br2N/c15-14(16)11-6-7-13(12(8-11)9-17)10-4-2-1-3-5-10/h1-8,14H. The molecule has 3 heteroatoms. The van der Waals surface area contributed by atoms with Gasteiger partial charge in [-0.15, -0.1) is 0 Å². The van der Waals surface area contributed by atoms with Gasteiger partial charge in [-0.1, -0.05) is 74.3 Å². The van der Waals surface area contributed by atoms with E-state index in [1.54, 1.807) is 0 Å². The lowest BCUT2D eigenvalue weighted by molar-refractivity contribution is 1.39. The number of hydrogen-bond acceptors (Lipinski definition) is 1. The van der Waals surface area contributed by atoms with Crippen molar-refractivity contribution in [2.45, 2.75) is 3.74 Å². The van der Waals surface area contributed by atoms with Crippen molar-refractivity contribution in [2.75, 3.05) is 0 Å². The van der Waals surface area contributed by atoms with Gasteiger partial charge in [0.15, 0.2) is 0 Å². The Morgan fingerprint density at radius 1 is 1.00 bits per heavy atom. The fourth-order valence-electron chi connectivity index (χ4n) is 1.66. The Labute approximate surface area is 117 Å². The van der Waals surface area contributed by atoms with Crippen molar-refractivity contribution in [1.29, 1.82) is 5.26 Å². The summed E-state index contributed by atoms with van der Waals surface area (Å²) < 4.78 is 0.0759. The van der Waals surface area contributed by atoms with E-state index >= 15 is 0 Å². The first-order chi connectivity index (χ1) is 8.22. The molecule has 0 aromatic heterocycles. The fourth-order valence-corrected chi connectivity index (χ4v) is 2.23. The van der Waals surface area contributed by atoms with E-state index in [1.807, 2.05) is 48.5 Å². The van der Waals surface area contributed by atoms with E-state index in [1.165, 1.54) is 0 Å². The van der Waals surface area contributed by atoms with E-state index in [2.05, 4.69) is 37.9 Å². The summed E-state index contributed by atoms with van der Waals surface area (Å²) in [5.74, 6) is 0. The monoisotopic (exact) mass is 349 g/mol. The molecular weight excluding hydrogens is 342 g/mol. The van der Waals surface area contributed by atoms with Gasteiger partial charge in [0.25, 0.3) is 0 Å². The Bertz CT molecular complexity index is 556. The zero-order valence-electron chi connectivity index (χ0n) is 8.90. The van der Waals surface area contributed by atoms with Crippen molar-refractivity contribution in [2.24, 2.45) is 0 Å². The van der Waals surface area contributed by atoms with E-state index in [-0.39, 0.29) is 3.74 Å². The van der Waals surface area contributed by atoms with Crippen LogP contribution in [0.3, 0.4) is 0 Å². The van der Waals surface area contributed by atoms with Crippen molar-refractivity contribution in [1.82, 2.24) is 0 Å². The van der Waals surface area contributed by atoms with Gasteiger partial charge in [-0.05, 0) is 22.8 Å². The molecule has 17 heavy (non-hydrogen) atoms. The Kier molecular flexibility index (Phi) is 3.98. The zero-order chi connectivity index (χ0) is 12.3. The molecule has 0 spiro atoms. The number of nitriles is 1. The molecule has 1 nitrogen and oxygen atoms in total. The van der Waals surface area contributed by atoms with Crippen LogP contribution in [0.5, 0.6) is 0 Å². The van der Waals surface area contributed by atoms with Crippen molar-refractivity contribution >= 4 is 31.9 Å². The van der Waals surface area contributed by atoms with Gasteiger partial charge in [0.2, 0.25) is 0 Å². The summed E-state index contributed by atoms with van der Waals surface area (Å²) in [7, 11) is 0. The summed E-state index contributed by atoms with van der Waals surface area (Å²) in [5.41, 5.74) is 3.77. The SMILES string of the molecule is N#Cc1cc(C(Br)Br)ccc1-c1ccccc1. The van der Waals surface area contributed by atoms with E-state index < -0.39 is 0 Å². The van der Waals surface area contributed by atoms with Crippen molar-refractivity contribution in [3.8, 4) is 17.2 Å². The maximum absolute atomic E-state index is 9.21. The predicted molar refractivity (Wildman–Crippen MR) is 77.2 cm³/mol. The molecule has 0 aliphatic heterocycles. The lowest BCUT2D eigenvalue weighted by atomic mass is 9.99. The van der Waals surface area contributed by atoms with Gasteiger partial charge < -0.3 is 0 Å². The Balaban J connectivity index is 2.54. The molecule has 2 aromatic rings. The van der Waals surface area contributed by atoms with Gasteiger partial charge in [0, 0.05) is 0 Å². The highest BCUT2D eigenvalue weighted by molar-refractivity contribution is 9.24. The average molecular weight is 351 g/mol. The number of alkyl halides is 2. The molecule has 2 rings (SSSR count). The smallest absolute Gasteiger partial charge is 0.0998 e. The molecule has 0 saturated carbocycles. The molecule has 2 aromatic carbocycles. The molecule has 0 aliphatic carbocycles. The van der Waals surface area contributed by atoms with Gasteiger partial charge in [0.05, 0.1) is 15.4 Å². The highest BCUT2D eigenvalue weighted by Crippen LogP contribution is 2.32. The summed E-state index contributed by atoms with van der Waals surface area (Å²) in [5, 5.41) is 9.21. The number of hydrogen-bond donors (Lipinski definition) is 0. The van der Waals surface area contributed by atoms with Gasteiger partial charge in [-0.2, -0.15) is 5.26 Å². The summed E-state index contributed by atoms with van der Waals surface area (Å²) in [6.45, 7) is 0. The first-order valence-corrected chi connectivity index (χ1v) is 6.93. The van der Waals surface area contributed by atoms with Gasteiger partial charge in [-0.25, -0.2) is 0 Å². The molecular formula is C14H9Br2N. The minimum Gasteiger partial charge on any atom is -0.192 e. The first-order valence-electron chi connectivity index (χ1n) is 5.10. The van der Waals surface area contributed by atoms with E-state index in [4.69, 9.17) is 0 Å². The van der Waals surface area contributed by atoms with Crippen LogP contribution in [0, 0.1) is 11.3 Å². The Morgan fingerprint density at radius 2 is 1.71 bits per heavy atom. The summed E-state index contributed by atoms with van der Waals surface area (Å²) in [4.78, 5) is 0. The van der Waals surface area contributed by atoms with E-state index in [9.17, 15) is 5.26 Å². The lowest BCUT2D eigenvalue weighted by Crippen LogP contribution is -1.88. The topological polar surface area (TPSA) is 23.8 Å². The second-order valence-corrected chi connectivity index (χ2v) is 6.64. The van der Waals surface area contributed by atoms with Crippen molar-refractivity contribution in [3.63, 3.8) is 0 Å². The normalized spacial score (nSPS) is 10.2. The highest BCUT2D eigenvalue weighted by atomic mass is 79.9. The highest BCUT2D eigenvalue weighted by Gasteiger charge is 2.08. The molecule has 0 radical (unpaired) electrons. The van der Waals surface area contributed by atoms with Gasteiger partial charge >= 0.3 is 0 Å². The maximum atomic E-state index is 9.21. The second-order valence-electron chi connectivity index (χ2n) is 3.58. The number of rotatable bonds is 2. The Morgan fingerprint density at radius 3 is 2.29 bits per heavy atom. The number of nitrogens with zero attached hydrogens (tertiary/aromatic N) is 1. The van der Waals surface area contributed by atoms with Gasteiger partial charge in [-0.3, -0.25) is 0 Å². The molecule has 0 fully saturated rings. The van der Waals surface area contributed by atoms with Crippen LogP contribution in [-0.4, -0.2) is 0 Å². The van der Waals surface area contributed by atoms with Crippen LogP contribution in [0.2, 0.25) is 0 Å². The largest absolute Gasteiger partial charge is 0.192 e. The molecule has 84 valence electrons. The van der Waals surface area contributed by atoms with Crippen LogP contribution in [0.15, 0.2) is 48.5 Å². The third-order valence-electron chi connectivity index (χ3n) is 2.50. The second kappa shape index (κ2) is 5.48. The van der Waals surface area contributed by atoms with E-state index in [0.29, 0.717) is 5.56 Å². The van der Waals surface area contributed by atoms with Crippen LogP contribution in [0.1, 0.15) is 14.9 Å². The quantitative estimate of drug-likeness (QED) is 0.698. The molecule has 0 amide bonds. The molecule has 0 unspecified atom stereocenters. The fraction of sp³-hybridized carbons (Fsp3) is 0.0714. The molecule has 0 aliphatic rings. The molecule has 0 N–H and O–H groups in total. The van der Waals surface area contributed by atoms with Crippen LogP contribution >= 0.6 is 31.9 Å². The van der Waals surface area contributed by atoms with E-state index in [0.717, 1.165) is 16.7 Å². The minimum atomic E-state index is 0.0759. The summed E-state index contributed by atoms with van der Waals surface area (Å²) >= 11 is 6.87. The predicted octanol–water partition coefficient (Wildman–Crippen LogP) is 5.01. The van der Waals surface area contributed by atoms with Crippen LogP contribution in [0.25, 0.3) is 11.1 Å². The molecule has 0 saturated heterocycles. The molecule has 0 bridgehead atoms. The first kappa shape index (κ1) is 12.3. The van der Waals surface area contributed by atoms with Crippen molar-refractivity contribution < 1.29 is 0 Å².